The van der Waals surface area contributed by atoms with Gasteiger partial charge in [-0.3, -0.25) is 14.9 Å². The van der Waals surface area contributed by atoms with E-state index in [0.717, 1.165) is 11.0 Å². The first kappa shape index (κ1) is 15.3. The van der Waals surface area contributed by atoms with Crippen LogP contribution in [0.4, 0.5) is 16.0 Å². The van der Waals surface area contributed by atoms with E-state index in [1.807, 2.05) is 24.3 Å². The number of carbonyl (C=O) groups excluding carboxylic acids is 2. The number of benzene rings is 2. The van der Waals surface area contributed by atoms with Crippen LogP contribution in [0.15, 0.2) is 48.5 Å². The quantitative estimate of drug-likeness (QED) is 0.771. The second-order valence-electron chi connectivity index (χ2n) is 5.97. The average molecular weight is 338 g/mol. The molecule has 1 unspecified atom stereocenters. The van der Waals surface area contributed by atoms with E-state index in [4.69, 9.17) is 0 Å². The molecule has 2 aromatic carbocycles. The smallest absolute Gasteiger partial charge is 0.232 e. The molecule has 0 spiro atoms. The Balaban J connectivity index is 1.47. The summed E-state index contributed by atoms with van der Waals surface area (Å²) in [6.07, 6.45) is 0.115. The zero-order valence-corrected chi connectivity index (χ0v) is 13.2. The Hall–Kier alpha value is -3.22. The van der Waals surface area contributed by atoms with Crippen LogP contribution in [0, 0.1) is 11.7 Å². The number of H-pyrrole nitrogens is 1. The van der Waals surface area contributed by atoms with Gasteiger partial charge < -0.3 is 9.88 Å². The van der Waals surface area contributed by atoms with E-state index in [1.165, 1.54) is 29.2 Å². The summed E-state index contributed by atoms with van der Waals surface area (Å²) in [6.45, 7) is 0.260. The highest BCUT2D eigenvalue weighted by Crippen LogP contribution is 2.26. The molecule has 2 N–H and O–H groups in total. The van der Waals surface area contributed by atoms with Crippen LogP contribution in [-0.2, 0) is 9.59 Å². The molecule has 6 nitrogen and oxygen atoms in total. The first-order valence-corrected chi connectivity index (χ1v) is 7.92. The molecule has 1 saturated heterocycles. The van der Waals surface area contributed by atoms with Crippen LogP contribution < -0.4 is 10.2 Å². The third-order valence-electron chi connectivity index (χ3n) is 4.27. The molecular formula is C18H15FN4O2. The fourth-order valence-corrected chi connectivity index (χ4v) is 2.98. The third kappa shape index (κ3) is 2.96. The summed E-state index contributed by atoms with van der Waals surface area (Å²) in [7, 11) is 0. The highest BCUT2D eigenvalue weighted by atomic mass is 19.1. The van der Waals surface area contributed by atoms with Gasteiger partial charge in [0.25, 0.3) is 0 Å². The van der Waals surface area contributed by atoms with E-state index >= 15 is 0 Å². The van der Waals surface area contributed by atoms with Gasteiger partial charge in [-0.25, -0.2) is 9.37 Å². The van der Waals surface area contributed by atoms with E-state index in [0.29, 0.717) is 11.6 Å². The number of rotatable bonds is 3. The maximum absolute atomic E-state index is 13.0. The normalized spacial score (nSPS) is 17.2. The van der Waals surface area contributed by atoms with Gasteiger partial charge in [-0.2, -0.15) is 0 Å². The van der Waals surface area contributed by atoms with Crippen molar-refractivity contribution in [2.75, 3.05) is 16.8 Å². The van der Waals surface area contributed by atoms with Crippen molar-refractivity contribution in [1.82, 2.24) is 9.97 Å². The van der Waals surface area contributed by atoms with Crippen LogP contribution in [-0.4, -0.2) is 28.3 Å². The number of para-hydroxylation sites is 2. The second kappa shape index (κ2) is 6.01. The van der Waals surface area contributed by atoms with Crippen molar-refractivity contribution < 1.29 is 14.0 Å². The van der Waals surface area contributed by atoms with Gasteiger partial charge in [0.2, 0.25) is 17.8 Å². The number of carbonyl (C=O) groups is 2. The van der Waals surface area contributed by atoms with Crippen molar-refractivity contribution >= 4 is 34.5 Å². The van der Waals surface area contributed by atoms with Crippen molar-refractivity contribution in [2.24, 2.45) is 5.92 Å². The maximum Gasteiger partial charge on any atom is 0.232 e. The number of hydrogen-bond donors (Lipinski definition) is 2. The molecule has 2 heterocycles. The summed E-state index contributed by atoms with van der Waals surface area (Å²) in [6, 6.07) is 13.1. The maximum atomic E-state index is 13.0. The Kier molecular flexibility index (Phi) is 3.68. The van der Waals surface area contributed by atoms with Crippen LogP contribution in [0.25, 0.3) is 11.0 Å². The molecule has 1 atom stereocenters. The Labute approximate surface area is 142 Å². The van der Waals surface area contributed by atoms with E-state index in [-0.39, 0.29) is 30.6 Å². The van der Waals surface area contributed by atoms with Crippen molar-refractivity contribution in [1.29, 1.82) is 0 Å². The molecule has 2 amide bonds. The fraction of sp³-hybridized carbons (Fsp3) is 0.167. The predicted octanol–water partition coefficient (Wildman–Crippen LogP) is 2.69. The second-order valence-corrected chi connectivity index (χ2v) is 5.97. The van der Waals surface area contributed by atoms with Gasteiger partial charge >= 0.3 is 0 Å². The SMILES string of the molecule is O=C(Nc1nc2ccccc2[nH]1)C1CC(=O)N(c2ccc(F)cc2)C1. The van der Waals surface area contributed by atoms with Crippen LogP contribution in [0.5, 0.6) is 0 Å². The standard InChI is InChI=1S/C18H15FN4O2/c19-12-5-7-13(8-6-12)23-10-11(9-16(23)24)17(25)22-18-20-14-3-1-2-4-15(14)21-18/h1-8,11H,9-10H2,(H2,20,21,22,25). The van der Waals surface area contributed by atoms with Crippen molar-refractivity contribution in [3.05, 3.63) is 54.3 Å². The molecule has 4 rings (SSSR count). The first-order chi connectivity index (χ1) is 12.1. The lowest BCUT2D eigenvalue weighted by Crippen LogP contribution is -2.28. The minimum Gasteiger partial charge on any atom is -0.324 e. The molecule has 1 fully saturated rings. The Morgan fingerprint density at radius 3 is 2.72 bits per heavy atom. The molecule has 1 aliphatic heterocycles. The van der Waals surface area contributed by atoms with Gasteiger partial charge in [-0.1, -0.05) is 12.1 Å². The van der Waals surface area contributed by atoms with Crippen LogP contribution >= 0.6 is 0 Å². The number of imidazole rings is 1. The number of halogens is 1. The molecule has 0 radical (unpaired) electrons. The Bertz CT molecular complexity index is 918. The molecule has 1 aliphatic rings. The number of hydrogen-bond acceptors (Lipinski definition) is 3. The molecule has 25 heavy (non-hydrogen) atoms. The molecule has 7 heteroatoms. The van der Waals surface area contributed by atoms with Gasteiger partial charge in [0.05, 0.1) is 17.0 Å². The summed E-state index contributed by atoms with van der Waals surface area (Å²) in [4.78, 5) is 33.5. The summed E-state index contributed by atoms with van der Waals surface area (Å²) in [5, 5.41) is 2.73. The monoisotopic (exact) mass is 338 g/mol. The van der Waals surface area contributed by atoms with E-state index in [9.17, 15) is 14.0 Å². The zero-order valence-electron chi connectivity index (χ0n) is 13.2. The summed E-state index contributed by atoms with van der Waals surface area (Å²) < 4.78 is 13.0. The van der Waals surface area contributed by atoms with Gasteiger partial charge in [0.15, 0.2) is 0 Å². The topological polar surface area (TPSA) is 78.1 Å². The van der Waals surface area contributed by atoms with Gasteiger partial charge in [-0.15, -0.1) is 0 Å². The number of anilines is 2. The fourth-order valence-electron chi connectivity index (χ4n) is 2.98. The molecular weight excluding hydrogens is 323 g/mol. The number of aromatic amines is 1. The lowest BCUT2D eigenvalue weighted by Gasteiger charge is -2.16. The number of amides is 2. The molecule has 0 saturated carbocycles. The lowest BCUT2D eigenvalue weighted by molar-refractivity contribution is -0.122. The summed E-state index contributed by atoms with van der Waals surface area (Å²) >= 11 is 0. The van der Waals surface area contributed by atoms with Gasteiger partial charge in [-0.05, 0) is 36.4 Å². The van der Waals surface area contributed by atoms with Gasteiger partial charge in [0.1, 0.15) is 5.82 Å². The lowest BCUT2D eigenvalue weighted by atomic mass is 10.1. The van der Waals surface area contributed by atoms with Crippen LogP contribution in [0.3, 0.4) is 0 Å². The highest BCUT2D eigenvalue weighted by molar-refractivity contribution is 6.03. The number of nitrogens with zero attached hydrogens (tertiary/aromatic N) is 2. The number of aromatic nitrogens is 2. The molecule has 0 bridgehead atoms. The van der Waals surface area contributed by atoms with E-state index < -0.39 is 5.92 Å². The molecule has 3 aromatic rings. The Morgan fingerprint density at radius 2 is 1.96 bits per heavy atom. The summed E-state index contributed by atoms with van der Waals surface area (Å²) in [5.74, 6) is -0.910. The van der Waals surface area contributed by atoms with Gasteiger partial charge in [0, 0.05) is 18.7 Å². The predicted molar refractivity (Wildman–Crippen MR) is 91.6 cm³/mol. The third-order valence-corrected chi connectivity index (χ3v) is 4.27. The highest BCUT2D eigenvalue weighted by Gasteiger charge is 2.35. The molecule has 1 aromatic heterocycles. The van der Waals surface area contributed by atoms with Crippen LogP contribution in [0.1, 0.15) is 6.42 Å². The number of fused-ring (bicyclic) bond motifs is 1. The summed E-state index contributed by atoms with van der Waals surface area (Å²) in [5.41, 5.74) is 2.17. The Morgan fingerprint density at radius 1 is 1.20 bits per heavy atom. The molecule has 126 valence electrons. The van der Waals surface area contributed by atoms with Crippen molar-refractivity contribution in [2.45, 2.75) is 6.42 Å². The first-order valence-electron chi connectivity index (χ1n) is 7.92. The van der Waals surface area contributed by atoms with E-state index in [1.54, 1.807) is 0 Å². The van der Waals surface area contributed by atoms with Crippen LogP contribution in [0.2, 0.25) is 0 Å². The molecule has 0 aliphatic carbocycles. The average Bonchev–Trinajstić information content (AvgIpc) is 3.18. The minimum atomic E-state index is -0.481. The largest absolute Gasteiger partial charge is 0.324 e. The van der Waals surface area contributed by atoms with Crippen molar-refractivity contribution in [3.8, 4) is 0 Å². The minimum absolute atomic E-state index is 0.115. The van der Waals surface area contributed by atoms with Crippen molar-refractivity contribution in [3.63, 3.8) is 0 Å². The number of nitrogens with one attached hydrogen (secondary N) is 2. The van der Waals surface area contributed by atoms with E-state index in [2.05, 4.69) is 15.3 Å². The zero-order chi connectivity index (χ0) is 17.4.